The Bertz CT molecular complexity index is 892. The van der Waals surface area contributed by atoms with Crippen LogP contribution < -0.4 is 5.56 Å². The third-order valence-corrected chi connectivity index (χ3v) is 4.82. The van der Waals surface area contributed by atoms with Gasteiger partial charge < -0.3 is 0 Å². The summed E-state index contributed by atoms with van der Waals surface area (Å²) in [5, 5.41) is 9.15. The zero-order valence-electron chi connectivity index (χ0n) is 12.2. The molecule has 22 heavy (non-hydrogen) atoms. The number of para-hydroxylation sites is 1. The van der Waals surface area contributed by atoms with E-state index in [0.29, 0.717) is 17.0 Å². The van der Waals surface area contributed by atoms with Gasteiger partial charge in [-0.1, -0.05) is 31.4 Å². The summed E-state index contributed by atoms with van der Waals surface area (Å²) in [7, 11) is 0. The van der Waals surface area contributed by atoms with Gasteiger partial charge in [-0.15, -0.1) is 21.8 Å². The van der Waals surface area contributed by atoms with Crippen LogP contribution in [0.3, 0.4) is 0 Å². The van der Waals surface area contributed by atoms with Gasteiger partial charge in [-0.25, -0.2) is 0 Å². The first-order valence-electron chi connectivity index (χ1n) is 7.74. The van der Waals surface area contributed by atoms with Crippen molar-refractivity contribution in [3.05, 3.63) is 40.4 Å². The lowest BCUT2D eigenvalue weighted by atomic mass is 9.95. The highest BCUT2D eigenvalue weighted by atomic mass is 35.5. The van der Waals surface area contributed by atoms with E-state index in [0.717, 1.165) is 31.2 Å². The van der Waals surface area contributed by atoms with Crippen molar-refractivity contribution in [3.8, 4) is 0 Å². The molecule has 0 saturated heterocycles. The maximum Gasteiger partial charge on any atom is 0.263 e. The average molecular weight is 317 g/mol. The van der Waals surface area contributed by atoms with Crippen LogP contribution in [0.5, 0.6) is 0 Å². The first-order valence-corrected chi connectivity index (χ1v) is 8.28. The lowest BCUT2D eigenvalue weighted by Gasteiger charge is -2.24. The number of rotatable bonds is 2. The molecule has 1 saturated carbocycles. The second kappa shape index (κ2) is 5.39. The molecule has 5 nitrogen and oxygen atoms in total. The van der Waals surface area contributed by atoms with Crippen molar-refractivity contribution in [1.29, 1.82) is 0 Å². The lowest BCUT2D eigenvalue weighted by Crippen LogP contribution is -2.28. The molecule has 1 aromatic carbocycles. The fraction of sp³-hybridized carbons (Fsp3) is 0.438. The highest BCUT2D eigenvalue weighted by Crippen LogP contribution is 2.29. The highest BCUT2D eigenvalue weighted by Gasteiger charge is 2.23. The Morgan fingerprint density at radius 3 is 2.68 bits per heavy atom. The molecule has 0 aliphatic heterocycles. The minimum Gasteiger partial charge on any atom is -0.273 e. The van der Waals surface area contributed by atoms with Gasteiger partial charge in [-0.05, 0) is 25.0 Å². The maximum atomic E-state index is 13.0. The normalized spacial score (nSPS) is 16.6. The standard InChI is InChI=1S/C16H17ClN4O/c17-10-14-18-19-16-20(11-6-2-1-3-7-11)15(22)12-8-4-5-9-13(12)21(14)16/h4-5,8-9,11H,1-3,6-7,10H2. The number of fused-ring (bicyclic) bond motifs is 3. The summed E-state index contributed by atoms with van der Waals surface area (Å²) in [6.07, 6.45) is 5.61. The summed E-state index contributed by atoms with van der Waals surface area (Å²) in [6, 6.07) is 7.82. The molecule has 114 valence electrons. The van der Waals surface area contributed by atoms with Gasteiger partial charge in [0.1, 0.15) is 0 Å². The number of hydrogen-bond donors (Lipinski definition) is 0. The molecular formula is C16H17ClN4O. The third kappa shape index (κ3) is 1.96. The quantitative estimate of drug-likeness (QED) is 0.682. The van der Waals surface area contributed by atoms with Crippen LogP contribution in [-0.2, 0) is 5.88 Å². The van der Waals surface area contributed by atoms with E-state index in [2.05, 4.69) is 10.2 Å². The number of alkyl halides is 1. The number of benzene rings is 1. The Kier molecular flexibility index (Phi) is 3.37. The van der Waals surface area contributed by atoms with Gasteiger partial charge in [-0.2, -0.15) is 0 Å². The summed E-state index contributed by atoms with van der Waals surface area (Å²) < 4.78 is 3.77. The maximum absolute atomic E-state index is 13.0. The van der Waals surface area contributed by atoms with E-state index >= 15 is 0 Å². The fourth-order valence-corrected chi connectivity index (χ4v) is 3.71. The average Bonchev–Trinajstić information content (AvgIpc) is 3.00. The van der Waals surface area contributed by atoms with Crippen molar-refractivity contribution in [2.75, 3.05) is 0 Å². The van der Waals surface area contributed by atoms with Crippen LogP contribution in [0.15, 0.2) is 29.1 Å². The molecule has 3 aromatic rings. The van der Waals surface area contributed by atoms with Crippen molar-refractivity contribution >= 4 is 28.3 Å². The van der Waals surface area contributed by atoms with Crippen molar-refractivity contribution in [2.45, 2.75) is 44.0 Å². The second-order valence-corrected chi connectivity index (χ2v) is 6.14. The zero-order chi connectivity index (χ0) is 15.1. The number of halogens is 1. The van der Waals surface area contributed by atoms with Crippen molar-refractivity contribution in [3.63, 3.8) is 0 Å². The van der Waals surface area contributed by atoms with E-state index in [1.54, 1.807) is 0 Å². The van der Waals surface area contributed by atoms with Crippen LogP contribution in [0.1, 0.15) is 44.0 Å². The molecule has 0 amide bonds. The summed E-state index contributed by atoms with van der Waals surface area (Å²) in [4.78, 5) is 13.0. The summed E-state index contributed by atoms with van der Waals surface area (Å²) in [6.45, 7) is 0. The molecule has 2 aromatic heterocycles. The number of hydrogen-bond acceptors (Lipinski definition) is 3. The predicted octanol–water partition coefficient (Wildman–Crippen LogP) is 3.29. The van der Waals surface area contributed by atoms with Crippen molar-refractivity contribution in [1.82, 2.24) is 19.2 Å². The first kappa shape index (κ1) is 13.8. The lowest BCUT2D eigenvalue weighted by molar-refractivity contribution is 0.351. The molecule has 2 heterocycles. The third-order valence-electron chi connectivity index (χ3n) is 4.58. The van der Waals surface area contributed by atoms with Crippen molar-refractivity contribution in [2.24, 2.45) is 0 Å². The Morgan fingerprint density at radius 1 is 1.14 bits per heavy atom. The molecule has 0 atom stereocenters. The molecule has 1 fully saturated rings. The Labute approximate surface area is 132 Å². The minimum atomic E-state index is 0.0310. The van der Waals surface area contributed by atoms with E-state index < -0.39 is 0 Å². The summed E-state index contributed by atoms with van der Waals surface area (Å²) >= 11 is 6.01. The van der Waals surface area contributed by atoms with Gasteiger partial charge in [0.15, 0.2) is 5.82 Å². The molecule has 1 aliphatic rings. The molecule has 0 spiro atoms. The zero-order valence-corrected chi connectivity index (χ0v) is 13.0. The van der Waals surface area contributed by atoms with Crippen LogP contribution in [0.2, 0.25) is 0 Å². The SMILES string of the molecule is O=c1c2ccccc2n2c(CCl)nnc2n1C1CCCCC1. The monoisotopic (exact) mass is 316 g/mol. The molecule has 0 bridgehead atoms. The van der Waals surface area contributed by atoms with Gasteiger partial charge in [0.05, 0.1) is 16.8 Å². The van der Waals surface area contributed by atoms with Gasteiger partial charge in [0.25, 0.3) is 5.56 Å². The molecule has 0 unspecified atom stereocenters. The van der Waals surface area contributed by atoms with E-state index in [9.17, 15) is 4.79 Å². The molecule has 6 heteroatoms. The van der Waals surface area contributed by atoms with Gasteiger partial charge >= 0.3 is 0 Å². The van der Waals surface area contributed by atoms with E-state index in [-0.39, 0.29) is 17.5 Å². The van der Waals surface area contributed by atoms with E-state index in [1.807, 2.05) is 33.2 Å². The van der Waals surface area contributed by atoms with Crippen LogP contribution >= 0.6 is 11.6 Å². The first-order chi connectivity index (χ1) is 10.8. The molecule has 0 N–H and O–H groups in total. The number of nitrogens with zero attached hydrogens (tertiary/aromatic N) is 4. The molecule has 1 aliphatic carbocycles. The van der Waals surface area contributed by atoms with Crippen LogP contribution in [-0.4, -0.2) is 19.2 Å². The molecule has 4 rings (SSSR count). The van der Waals surface area contributed by atoms with Crippen molar-refractivity contribution < 1.29 is 0 Å². The van der Waals surface area contributed by atoms with Crippen LogP contribution in [0.4, 0.5) is 0 Å². The molecular weight excluding hydrogens is 300 g/mol. The Morgan fingerprint density at radius 2 is 1.91 bits per heavy atom. The summed E-state index contributed by atoms with van der Waals surface area (Å²) in [5.41, 5.74) is 0.860. The highest BCUT2D eigenvalue weighted by molar-refractivity contribution is 6.16. The van der Waals surface area contributed by atoms with E-state index in [1.165, 1.54) is 6.42 Å². The minimum absolute atomic E-state index is 0.0310. The van der Waals surface area contributed by atoms with Crippen LogP contribution in [0.25, 0.3) is 16.7 Å². The topological polar surface area (TPSA) is 52.2 Å². The Hall–Kier alpha value is -1.88. The second-order valence-electron chi connectivity index (χ2n) is 5.87. The summed E-state index contributed by atoms with van der Waals surface area (Å²) in [5.74, 6) is 1.57. The van der Waals surface area contributed by atoms with Gasteiger partial charge in [0.2, 0.25) is 5.78 Å². The van der Waals surface area contributed by atoms with Gasteiger partial charge in [-0.3, -0.25) is 13.8 Å². The molecule has 0 radical (unpaired) electrons. The fourth-order valence-electron chi connectivity index (χ4n) is 3.53. The van der Waals surface area contributed by atoms with Crippen LogP contribution in [0, 0.1) is 0 Å². The Balaban J connectivity index is 2.11. The number of aromatic nitrogens is 4. The largest absolute Gasteiger partial charge is 0.273 e. The smallest absolute Gasteiger partial charge is 0.263 e. The predicted molar refractivity (Wildman–Crippen MR) is 86.4 cm³/mol. The van der Waals surface area contributed by atoms with Gasteiger partial charge in [0, 0.05) is 6.04 Å². The van der Waals surface area contributed by atoms with E-state index in [4.69, 9.17) is 11.6 Å².